The van der Waals surface area contributed by atoms with Crippen LogP contribution in [-0.4, -0.2) is 27.1 Å². The molecule has 0 aliphatic heterocycles. The predicted molar refractivity (Wildman–Crippen MR) is 67.7 cm³/mol. The van der Waals surface area contributed by atoms with E-state index in [0.717, 1.165) is 11.8 Å². The SMILES string of the molecule is CC(C)C(CCBr)NC(=O)c1ccnn1C. The number of hydrogen-bond acceptors (Lipinski definition) is 2. The van der Waals surface area contributed by atoms with Crippen molar-refractivity contribution in [3.63, 3.8) is 0 Å². The molecule has 0 spiro atoms. The Morgan fingerprint density at radius 2 is 2.31 bits per heavy atom. The molecule has 1 aromatic heterocycles. The Morgan fingerprint density at radius 3 is 2.75 bits per heavy atom. The second-order valence-corrected chi connectivity index (χ2v) is 4.93. The average molecular weight is 288 g/mol. The van der Waals surface area contributed by atoms with Gasteiger partial charge in [-0.3, -0.25) is 9.48 Å². The molecule has 1 N–H and O–H groups in total. The van der Waals surface area contributed by atoms with Crippen molar-refractivity contribution >= 4 is 21.8 Å². The van der Waals surface area contributed by atoms with Crippen LogP contribution in [0.4, 0.5) is 0 Å². The van der Waals surface area contributed by atoms with E-state index in [1.54, 1.807) is 24.0 Å². The van der Waals surface area contributed by atoms with Gasteiger partial charge in [0.25, 0.3) is 5.91 Å². The number of hydrogen-bond donors (Lipinski definition) is 1. The van der Waals surface area contributed by atoms with Crippen LogP contribution in [0.1, 0.15) is 30.8 Å². The van der Waals surface area contributed by atoms with E-state index in [0.29, 0.717) is 11.6 Å². The number of nitrogens with one attached hydrogen (secondary N) is 1. The van der Waals surface area contributed by atoms with Gasteiger partial charge in [-0.1, -0.05) is 29.8 Å². The minimum atomic E-state index is -0.0559. The fraction of sp³-hybridized carbons (Fsp3) is 0.636. The van der Waals surface area contributed by atoms with Crippen molar-refractivity contribution in [2.45, 2.75) is 26.3 Å². The van der Waals surface area contributed by atoms with E-state index in [1.807, 2.05) is 0 Å². The summed E-state index contributed by atoms with van der Waals surface area (Å²) in [5.74, 6) is 0.370. The van der Waals surface area contributed by atoms with Crippen LogP contribution < -0.4 is 5.32 Å². The van der Waals surface area contributed by atoms with Crippen molar-refractivity contribution in [2.75, 3.05) is 5.33 Å². The maximum atomic E-state index is 11.9. The normalized spacial score (nSPS) is 12.8. The second-order valence-electron chi connectivity index (χ2n) is 4.14. The highest BCUT2D eigenvalue weighted by Crippen LogP contribution is 2.09. The number of aryl methyl sites for hydroxylation is 1. The summed E-state index contributed by atoms with van der Waals surface area (Å²) in [5, 5.41) is 7.90. The summed E-state index contributed by atoms with van der Waals surface area (Å²) in [4.78, 5) is 11.9. The molecule has 0 aromatic carbocycles. The van der Waals surface area contributed by atoms with Gasteiger partial charge in [-0.2, -0.15) is 5.10 Å². The molecular weight excluding hydrogens is 270 g/mol. The van der Waals surface area contributed by atoms with Gasteiger partial charge in [0.15, 0.2) is 0 Å². The first-order valence-electron chi connectivity index (χ1n) is 5.41. The number of halogens is 1. The molecule has 0 bridgehead atoms. The molecule has 5 heteroatoms. The zero-order valence-electron chi connectivity index (χ0n) is 9.90. The summed E-state index contributed by atoms with van der Waals surface area (Å²) in [6.07, 6.45) is 2.56. The summed E-state index contributed by atoms with van der Waals surface area (Å²) in [7, 11) is 1.77. The van der Waals surface area contributed by atoms with Crippen molar-refractivity contribution in [2.24, 2.45) is 13.0 Å². The van der Waals surface area contributed by atoms with E-state index in [-0.39, 0.29) is 11.9 Å². The number of nitrogens with zero attached hydrogens (tertiary/aromatic N) is 2. The van der Waals surface area contributed by atoms with E-state index < -0.39 is 0 Å². The maximum Gasteiger partial charge on any atom is 0.269 e. The fourth-order valence-electron chi connectivity index (χ4n) is 1.53. The van der Waals surface area contributed by atoms with Gasteiger partial charge in [0, 0.05) is 24.6 Å². The van der Waals surface area contributed by atoms with Crippen LogP contribution in [0.5, 0.6) is 0 Å². The van der Waals surface area contributed by atoms with Gasteiger partial charge in [0.2, 0.25) is 0 Å². The van der Waals surface area contributed by atoms with E-state index in [1.165, 1.54) is 0 Å². The first-order chi connectivity index (χ1) is 7.56. The first kappa shape index (κ1) is 13.2. The molecule has 4 nitrogen and oxygen atoms in total. The van der Waals surface area contributed by atoms with E-state index >= 15 is 0 Å². The molecule has 0 aliphatic carbocycles. The van der Waals surface area contributed by atoms with E-state index in [9.17, 15) is 4.79 Å². The quantitative estimate of drug-likeness (QED) is 0.842. The molecule has 0 saturated carbocycles. The monoisotopic (exact) mass is 287 g/mol. The van der Waals surface area contributed by atoms with Crippen LogP contribution in [0.25, 0.3) is 0 Å². The van der Waals surface area contributed by atoms with Gasteiger partial charge < -0.3 is 5.32 Å². The predicted octanol–water partition coefficient (Wildman–Crippen LogP) is 1.96. The van der Waals surface area contributed by atoms with Crippen LogP contribution in [-0.2, 0) is 7.05 Å². The molecular formula is C11H18BrN3O. The van der Waals surface area contributed by atoms with E-state index in [2.05, 4.69) is 40.2 Å². The minimum absolute atomic E-state index is 0.0559. The highest BCUT2D eigenvalue weighted by molar-refractivity contribution is 9.09. The third-order valence-corrected chi connectivity index (χ3v) is 3.05. The zero-order valence-corrected chi connectivity index (χ0v) is 11.5. The number of alkyl halides is 1. The minimum Gasteiger partial charge on any atom is -0.348 e. The topological polar surface area (TPSA) is 46.9 Å². The molecule has 0 radical (unpaired) electrons. The lowest BCUT2D eigenvalue weighted by Crippen LogP contribution is -2.39. The van der Waals surface area contributed by atoms with Gasteiger partial charge in [-0.25, -0.2) is 0 Å². The molecule has 1 heterocycles. The third kappa shape index (κ3) is 3.33. The number of amides is 1. The standard InChI is InChI=1S/C11H18BrN3O/c1-8(2)9(4-6-12)14-11(16)10-5-7-13-15(10)3/h5,7-9H,4,6H2,1-3H3,(H,14,16). The lowest BCUT2D eigenvalue weighted by atomic mass is 10.0. The van der Waals surface area contributed by atoms with Gasteiger partial charge in [-0.15, -0.1) is 0 Å². The number of rotatable bonds is 5. The molecule has 0 fully saturated rings. The van der Waals surface area contributed by atoms with Crippen molar-refractivity contribution in [3.05, 3.63) is 18.0 Å². The molecule has 1 amide bonds. The Hall–Kier alpha value is -0.840. The number of carbonyl (C=O) groups excluding carboxylic acids is 1. The largest absolute Gasteiger partial charge is 0.348 e. The molecule has 90 valence electrons. The average Bonchev–Trinajstić information content (AvgIpc) is 2.63. The Labute approximate surface area is 105 Å². The Bertz CT molecular complexity index is 349. The second kappa shape index (κ2) is 6.03. The summed E-state index contributed by atoms with van der Waals surface area (Å²) < 4.78 is 1.58. The van der Waals surface area contributed by atoms with Gasteiger partial charge in [0.1, 0.15) is 5.69 Å². The highest BCUT2D eigenvalue weighted by atomic mass is 79.9. The van der Waals surface area contributed by atoms with E-state index in [4.69, 9.17) is 0 Å². The Kier molecular flexibility index (Phi) is 4.99. The van der Waals surface area contributed by atoms with Crippen LogP contribution in [0.2, 0.25) is 0 Å². The lowest BCUT2D eigenvalue weighted by molar-refractivity contribution is 0.0915. The Balaban J connectivity index is 2.65. The van der Waals surface area contributed by atoms with Gasteiger partial charge in [-0.05, 0) is 18.4 Å². The molecule has 0 saturated heterocycles. The molecule has 1 unspecified atom stereocenters. The van der Waals surface area contributed by atoms with Crippen molar-refractivity contribution in [1.29, 1.82) is 0 Å². The molecule has 1 aromatic rings. The molecule has 16 heavy (non-hydrogen) atoms. The smallest absolute Gasteiger partial charge is 0.269 e. The molecule has 1 atom stereocenters. The van der Waals surface area contributed by atoms with Crippen molar-refractivity contribution < 1.29 is 4.79 Å². The zero-order chi connectivity index (χ0) is 12.1. The Morgan fingerprint density at radius 1 is 1.62 bits per heavy atom. The number of carbonyl (C=O) groups is 1. The fourth-order valence-corrected chi connectivity index (χ4v) is 2.02. The van der Waals surface area contributed by atoms with Crippen molar-refractivity contribution in [3.8, 4) is 0 Å². The summed E-state index contributed by atoms with van der Waals surface area (Å²) in [6.45, 7) is 4.22. The summed E-state index contributed by atoms with van der Waals surface area (Å²) in [6, 6.07) is 1.92. The van der Waals surface area contributed by atoms with Crippen LogP contribution in [0, 0.1) is 5.92 Å². The van der Waals surface area contributed by atoms with Gasteiger partial charge in [0.05, 0.1) is 0 Å². The summed E-state index contributed by atoms with van der Waals surface area (Å²) >= 11 is 3.40. The highest BCUT2D eigenvalue weighted by Gasteiger charge is 2.18. The lowest BCUT2D eigenvalue weighted by Gasteiger charge is -2.21. The van der Waals surface area contributed by atoms with Crippen molar-refractivity contribution in [1.82, 2.24) is 15.1 Å². The van der Waals surface area contributed by atoms with Gasteiger partial charge >= 0.3 is 0 Å². The summed E-state index contributed by atoms with van der Waals surface area (Å²) in [5.41, 5.74) is 0.597. The first-order valence-corrected chi connectivity index (χ1v) is 6.53. The third-order valence-electron chi connectivity index (χ3n) is 2.59. The maximum absolute atomic E-state index is 11.9. The number of aromatic nitrogens is 2. The van der Waals surface area contributed by atoms with Crippen LogP contribution >= 0.6 is 15.9 Å². The van der Waals surface area contributed by atoms with Crippen LogP contribution in [0.3, 0.4) is 0 Å². The molecule has 1 rings (SSSR count). The molecule has 0 aliphatic rings. The van der Waals surface area contributed by atoms with Crippen LogP contribution in [0.15, 0.2) is 12.3 Å².